The second kappa shape index (κ2) is 8.95. The van der Waals surface area contributed by atoms with E-state index in [9.17, 15) is 13.2 Å². The molecule has 0 bridgehead atoms. The zero-order valence-electron chi connectivity index (χ0n) is 17.8. The van der Waals surface area contributed by atoms with Gasteiger partial charge in [0, 0.05) is 24.3 Å². The lowest BCUT2D eigenvalue weighted by Crippen LogP contribution is -2.30. The van der Waals surface area contributed by atoms with Crippen LogP contribution in [-0.4, -0.2) is 42.8 Å². The van der Waals surface area contributed by atoms with Gasteiger partial charge in [0.25, 0.3) is 15.9 Å². The van der Waals surface area contributed by atoms with E-state index < -0.39 is 15.9 Å². The second-order valence-electron chi connectivity index (χ2n) is 7.63. The van der Waals surface area contributed by atoms with Crippen LogP contribution in [-0.2, 0) is 10.0 Å². The average Bonchev–Trinajstić information content (AvgIpc) is 3.12. The molecule has 0 aliphatic carbocycles. The maximum absolute atomic E-state index is 12.6. The fourth-order valence-electron chi connectivity index (χ4n) is 3.34. The Balaban J connectivity index is 1.40. The molecule has 1 fully saturated rings. The van der Waals surface area contributed by atoms with Crippen molar-refractivity contribution >= 4 is 33.3 Å². The molecule has 0 atom stereocenters. The zero-order chi connectivity index (χ0) is 22.7. The molecule has 1 amide bonds. The molecule has 168 valence electrons. The third-order valence-corrected chi connectivity index (χ3v) is 6.72. The van der Waals surface area contributed by atoms with Gasteiger partial charge in [-0.05, 0) is 69.5 Å². The first-order valence-electron chi connectivity index (χ1n) is 10.3. The van der Waals surface area contributed by atoms with E-state index in [4.69, 9.17) is 4.52 Å². The van der Waals surface area contributed by atoms with Gasteiger partial charge in [0.1, 0.15) is 0 Å². The third-order valence-electron chi connectivity index (χ3n) is 5.37. The molecular weight excluding hydrogens is 432 g/mol. The number of hydrogen-bond donors (Lipinski definition) is 2. The number of rotatable bonds is 6. The lowest BCUT2D eigenvalue weighted by atomic mass is 10.1. The van der Waals surface area contributed by atoms with Gasteiger partial charge in [-0.3, -0.25) is 4.79 Å². The van der Waals surface area contributed by atoms with E-state index in [0.717, 1.165) is 31.7 Å². The number of piperidine rings is 1. The van der Waals surface area contributed by atoms with Gasteiger partial charge < -0.3 is 14.7 Å². The van der Waals surface area contributed by atoms with Crippen LogP contribution in [0.4, 0.5) is 17.4 Å². The van der Waals surface area contributed by atoms with Crippen molar-refractivity contribution in [2.24, 2.45) is 0 Å². The lowest BCUT2D eigenvalue weighted by molar-refractivity contribution is 0.102. The number of nitrogens with zero attached hydrogens (tertiary/aromatic N) is 4. The molecule has 2 N–H and O–H groups in total. The minimum atomic E-state index is -3.86. The van der Waals surface area contributed by atoms with E-state index in [1.807, 2.05) is 0 Å². The number of carbonyl (C=O) groups is 1. The molecule has 3 heterocycles. The molecule has 3 aromatic rings. The van der Waals surface area contributed by atoms with E-state index in [2.05, 4.69) is 30.3 Å². The van der Waals surface area contributed by atoms with Crippen LogP contribution in [0.3, 0.4) is 0 Å². The zero-order valence-corrected chi connectivity index (χ0v) is 18.6. The van der Waals surface area contributed by atoms with Gasteiger partial charge in [-0.25, -0.2) is 13.1 Å². The monoisotopic (exact) mass is 456 g/mol. The van der Waals surface area contributed by atoms with Crippen molar-refractivity contribution in [3.05, 3.63) is 53.3 Å². The van der Waals surface area contributed by atoms with Crippen molar-refractivity contribution in [3.63, 3.8) is 0 Å². The highest BCUT2D eigenvalue weighted by atomic mass is 32.2. The second-order valence-corrected chi connectivity index (χ2v) is 9.31. The number of benzene rings is 1. The standard InChI is InChI=1S/C21H24N6O4S/c1-14-15(2)25-31-21(14)26-32(29,30)17-8-6-16(7-9-17)22-20(28)18-10-11-19(24-23-18)27-12-4-3-5-13-27/h6-11,26H,3-5,12-13H2,1-2H3,(H,22,28). The van der Waals surface area contributed by atoms with Crippen LogP contribution in [0.2, 0.25) is 0 Å². The highest BCUT2D eigenvalue weighted by Crippen LogP contribution is 2.23. The van der Waals surface area contributed by atoms with E-state index in [0.29, 0.717) is 16.9 Å². The SMILES string of the molecule is Cc1noc(NS(=O)(=O)c2ccc(NC(=O)c3ccc(N4CCCCC4)nn3)cc2)c1C. The topological polar surface area (TPSA) is 130 Å². The highest BCUT2D eigenvalue weighted by molar-refractivity contribution is 7.92. The summed E-state index contributed by atoms with van der Waals surface area (Å²) in [5, 5.41) is 14.6. The van der Waals surface area contributed by atoms with Gasteiger partial charge in [0.2, 0.25) is 5.88 Å². The molecule has 1 saturated heterocycles. The molecule has 0 unspecified atom stereocenters. The first kappa shape index (κ1) is 21.8. The lowest BCUT2D eigenvalue weighted by Gasteiger charge is -2.27. The molecule has 32 heavy (non-hydrogen) atoms. The van der Waals surface area contributed by atoms with Crippen molar-refractivity contribution < 1.29 is 17.7 Å². The Kier molecular flexibility index (Phi) is 6.08. The summed E-state index contributed by atoms with van der Waals surface area (Å²) in [4.78, 5) is 14.7. The fraction of sp³-hybridized carbons (Fsp3) is 0.333. The maximum Gasteiger partial charge on any atom is 0.276 e. The Labute approximate surface area is 186 Å². The summed E-state index contributed by atoms with van der Waals surface area (Å²) in [7, 11) is -3.86. The largest absolute Gasteiger partial charge is 0.355 e. The molecule has 4 rings (SSSR count). The van der Waals surface area contributed by atoms with Crippen LogP contribution < -0.4 is 14.9 Å². The minimum Gasteiger partial charge on any atom is -0.355 e. The number of carbonyl (C=O) groups excluding carboxylic acids is 1. The van der Waals surface area contributed by atoms with Crippen LogP contribution in [0.5, 0.6) is 0 Å². The summed E-state index contributed by atoms with van der Waals surface area (Å²) in [5.41, 5.74) is 1.83. The first-order chi connectivity index (χ1) is 15.3. The van der Waals surface area contributed by atoms with Gasteiger partial charge in [-0.1, -0.05) is 5.16 Å². The van der Waals surface area contributed by atoms with Crippen LogP contribution >= 0.6 is 0 Å². The molecular formula is C21H24N6O4S. The number of nitrogens with one attached hydrogen (secondary N) is 2. The molecule has 1 aliphatic rings. The number of anilines is 3. The Morgan fingerprint density at radius 1 is 1.00 bits per heavy atom. The molecule has 10 nitrogen and oxygen atoms in total. The molecule has 1 aromatic carbocycles. The van der Waals surface area contributed by atoms with Gasteiger partial charge >= 0.3 is 0 Å². The molecule has 11 heteroatoms. The number of amides is 1. The van der Waals surface area contributed by atoms with E-state index in [1.54, 1.807) is 26.0 Å². The molecule has 0 saturated carbocycles. The van der Waals surface area contributed by atoms with Gasteiger partial charge in [0.05, 0.1) is 10.6 Å². The van der Waals surface area contributed by atoms with Gasteiger partial charge in [-0.15, -0.1) is 10.2 Å². The number of aromatic nitrogens is 3. The average molecular weight is 457 g/mol. The minimum absolute atomic E-state index is 0.0228. The predicted octanol–water partition coefficient (Wildman–Crippen LogP) is 3.12. The Morgan fingerprint density at radius 2 is 1.72 bits per heavy atom. The summed E-state index contributed by atoms with van der Waals surface area (Å²) in [6, 6.07) is 9.21. The van der Waals surface area contributed by atoms with Crippen molar-refractivity contribution in [2.75, 3.05) is 28.0 Å². The van der Waals surface area contributed by atoms with Gasteiger partial charge in [-0.2, -0.15) is 0 Å². The van der Waals surface area contributed by atoms with Crippen LogP contribution in [0.15, 0.2) is 45.8 Å². The van der Waals surface area contributed by atoms with Crippen molar-refractivity contribution in [1.29, 1.82) is 0 Å². The molecule has 2 aromatic heterocycles. The van der Waals surface area contributed by atoms with E-state index >= 15 is 0 Å². The first-order valence-corrected chi connectivity index (χ1v) is 11.8. The maximum atomic E-state index is 12.6. The number of hydrogen-bond acceptors (Lipinski definition) is 8. The van der Waals surface area contributed by atoms with E-state index in [1.165, 1.54) is 30.7 Å². The molecule has 0 spiro atoms. The van der Waals surface area contributed by atoms with Crippen LogP contribution in [0.1, 0.15) is 41.0 Å². The van der Waals surface area contributed by atoms with Crippen molar-refractivity contribution in [1.82, 2.24) is 15.4 Å². The molecule has 1 aliphatic heterocycles. The predicted molar refractivity (Wildman–Crippen MR) is 119 cm³/mol. The molecule has 0 radical (unpaired) electrons. The Morgan fingerprint density at radius 3 is 2.31 bits per heavy atom. The quantitative estimate of drug-likeness (QED) is 0.579. The van der Waals surface area contributed by atoms with Gasteiger partial charge in [0.15, 0.2) is 11.5 Å². The summed E-state index contributed by atoms with van der Waals surface area (Å²) in [6.45, 7) is 5.32. The van der Waals surface area contributed by atoms with Crippen molar-refractivity contribution in [3.8, 4) is 0 Å². The fourth-order valence-corrected chi connectivity index (χ4v) is 4.39. The summed E-state index contributed by atoms with van der Waals surface area (Å²) < 4.78 is 32.5. The summed E-state index contributed by atoms with van der Waals surface area (Å²) in [6.07, 6.45) is 3.48. The van der Waals surface area contributed by atoms with Crippen LogP contribution in [0.25, 0.3) is 0 Å². The summed E-state index contributed by atoms with van der Waals surface area (Å²) >= 11 is 0. The smallest absolute Gasteiger partial charge is 0.276 e. The Hall–Kier alpha value is -3.47. The number of sulfonamides is 1. The third kappa shape index (κ3) is 4.72. The van der Waals surface area contributed by atoms with Crippen LogP contribution in [0, 0.1) is 13.8 Å². The Bertz CT molecular complexity index is 1200. The normalized spacial score (nSPS) is 14.2. The summed E-state index contributed by atoms with van der Waals surface area (Å²) in [5.74, 6) is 0.413. The highest BCUT2D eigenvalue weighted by Gasteiger charge is 2.20. The number of aryl methyl sites for hydroxylation is 1. The van der Waals surface area contributed by atoms with Crippen molar-refractivity contribution in [2.45, 2.75) is 38.0 Å². The van der Waals surface area contributed by atoms with E-state index in [-0.39, 0.29) is 16.5 Å².